The van der Waals surface area contributed by atoms with Crippen LogP contribution in [0, 0.1) is 0 Å². The van der Waals surface area contributed by atoms with Gasteiger partial charge in [0.05, 0.1) is 17.1 Å². The van der Waals surface area contributed by atoms with Crippen LogP contribution in [0.15, 0.2) is 79.5 Å². The molecule has 28 heavy (non-hydrogen) atoms. The van der Waals surface area contributed by atoms with Crippen molar-refractivity contribution in [3.8, 4) is 22.4 Å². The zero-order valence-corrected chi connectivity index (χ0v) is 14.8. The van der Waals surface area contributed by atoms with E-state index in [2.05, 4.69) is 30.6 Å². The Morgan fingerprint density at radius 3 is 2.50 bits per heavy atom. The maximum atomic E-state index is 11.2. The number of amides is 1. The molecule has 3 aromatic heterocycles. The Labute approximate surface area is 161 Å². The van der Waals surface area contributed by atoms with Crippen molar-refractivity contribution in [2.45, 2.75) is 0 Å². The summed E-state index contributed by atoms with van der Waals surface area (Å²) >= 11 is 0. The summed E-state index contributed by atoms with van der Waals surface area (Å²) in [4.78, 5) is 28.2. The van der Waals surface area contributed by atoms with E-state index in [9.17, 15) is 4.79 Å². The second-order valence-corrected chi connectivity index (χ2v) is 5.86. The molecule has 0 fully saturated rings. The van der Waals surface area contributed by atoms with Crippen molar-refractivity contribution in [2.75, 3.05) is 10.6 Å². The van der Waals surface area contributed by atoms with E-state index in [4.69, 9.17) is 0 Å². The molecule has 4 rings (SSSR count). The first-order chi connectivity index (χ1) is 13.8. The Bertz CT molecular complexity index is 1090. The van der Waals surface area contributed by atoms with E-state index in [1.807, 2.05) is 48.5 Å². The molecule has 0 aliphatic heterocycles. The number of anilines is 3. The Kier molecular flexibility index (Phi) is 4.97. The fourth-order valence-corrected chi connectivity index (χ4v) is 2.86. The monoisotopic (exact) mass is 368 g/mol. The molecule has 0 bridgehead atoms. The summed E-state index contributed by atoms with van der Waals surface area (Å²) in [6.45, 7) is 0. The van der Waals surface area contributed by atoms with Crippen LogP contribution in [0.25, 0.3) is 22.4 Å². The second-order valence-electron chi connectivity index (χ2n) is 5.86. The van der Waals surface area contributed by atoms with Crippen LogP contribution in [0.3, 0.4) is 0 Å². The number of nitrogens with one attached hydrogen (secondary N) is 2. The lowest BCUT2D eigenvalue weighted by Crippen LogP contribution is -2.04. The van der Waals surface area contributed by atoms with E-state index in [-0.39, 0.29) is 0 Å². The molecule has 0 aliphatic carbocycles. The third-order valence-corrected chi connectivity index (χ3v) is 4.12. The molecule has 4 aromatic rings. The zero-order valence-electron chi connectivity index (χ0n) is 14.8. The van der Waals surface area contributed by atoms with Gasteiger partial charge in [-0.15, -0.1) is 0 Å². The number of hydrogen-bond acceptors (Lipinski definition) is 6. The number of rotatable bonds is 6. The lowest BCUT2D eigenvalue weighted by Gasteiger charge is -2.15. The number of para-hydroxylation sites is 1. The largest absolute Gasteiger partial charge is 0.326 e. The molecule has 7 nitrogen and oxygen atoms in total. The smallest absolute Gasteiger partial charge is 0.227 e. The number of carbonyl (C=O) groups is 1. The van der Waals surface area contributed by atoms with Crippen molar-refractivity contribution in [3.05, 3.63) is 79.5 Å². The van der Waals surface area contributed by atoms with Gasteiger partial charge in [0.25, 0.3) is 0 Å². The van der Waals surface area contributed by atoms with Crippen LogP contribution in [0.2, 0.25) is 0 Å². The molecule has 3 heterocycles. The standard InChI is InChI=1S/C21H16N6O/c28-14-25-20-17(15-6-10-22-11-7-15)4-1-5-19(20)27-21-24-12-8-18(26-21)16-3-2-9-23-13-16/h1-14H,(H,25,28)(H,24,26,27). The van der Waals surface area contributed by atoms with Gasteiger partial charge < -0.3 is 10.6 Å². The summed E-state index contributed by atoms with van der Waals surface area (Å²) < 4.78 is 0. The SMILES string of the molecule is O=CNc1c(Nc2nccc(-c3cccnc3)n2)cccc1-c1ccncc1. The van der Waals surface area contributed by atoms with Crippen molar-refractivity contribution in [1.29, 1.82) is 0 Å². The second kappa shape index (κ2) is 8.05. The minimum absolute atomic E-state index is 0.419. The topological polar surface area (TPSA) is 92.7 Å². The van der Waals surface area contributed by atoms with Crippen LogP contribution in [-0.2, 0) is 4.79 Å². The predicted octanol–water partition coefficient (Wildman–Crippen LogP) is 3.91. The van der Waals surface area contributed by atoms with E-state index >= 15 is 0 Å². The molecule has 0 atom stereocenters. The van der Waals surface area contributed by atoms with Crippen LogP contribution in [0.5, 0.6) is 0 Å². The number of pyridine rings is 2. The Morgan fingerprint density at radius 1 is 0.821 bits per heavy atom. The maximum absolute atomic E-state index is 11.2. The van der Waals surface area contributed by atoms with Gasteiger partial charge in [-0.2, -0.15) is 0 Å². The highest BCUT2D eigenvalue weighted by molar-refractivity contribution is 5.93. The molecule has 0 unspecified atom stereocenters. The molecule has 0 saturated carbocycles. The van der Waals surface area contributed by atoms with Crippen LogP contribution in [0.4, 0.5) is 17.3 Å². The molecule has 136 valence electrons. The summed E-state index contributed by atoms with van der Waals surface area (Å²) in [5.41, 5.74) is 4.77. The van der Waals surface area contributed by atoms with Gasteiger partial charge in [-0.3, -0.25) is 14.8 Å². The van der Waals surface area contributed by atoms with E-state index in [1.165, 1.54) is 0 Å². The van der Waals surface area contributed by atoms with E-state index in [0.29, 0.717) is 23.7 Å². The van der Waals surface area contributed by atoms with Crippen LogP contribution in [0.1, 0.15) is 0 Å². The molecule has 1 amide bonds. The normalized spacial score (nSPS) is 10.3. The number of aromatic nitrogens is 4. The van der Waals surface area contributed by atoms with Crippen molar-refractivity contribution in [3.63, 3.8) is 0 Å². The molecule has 7 heteroatoms. The fraction of sp³-hybridized carbons (Fsp3) is 0. The summed E-state index contributed by atoms with van der Waals surface area (Å²) in [6, 6.07) is 15.1. The first-order valence-corrected chi connectivity index (χ1v) is 8.59. The zero-order chi connectivity index (χ0) is 19.2. The van der Waals surface area contributed by atoms with Gasteiger partial charge in [-0.25, -0.2) is 9.97 Å². The van der Waals surface area contributed by atoms with Gasteiger partial charge in [-0.1, -0.05) is 12.1 Å². The molecular formula is C21H16N6O. The third kappa shape index (κ3) is 3.68. The minimum Gasteiger partial charge on any atom is -0.326 e. The Hall–Kier alpha value is -4.13. The Morgan fingerprint density at radius 2 is 1.71 bits per heavy atom. The number of carbonyl (C=O) groups excluding carboxylic acids is 1. The van der Waals surface area contributed by atoms with Crippen LogP contribution in [-0.4, -0.2) is 26.3 Å². The Balaban J connectivity index is 1.71. The average Bonchev–Trinajstić information content (AvgIpc) is 2.76. The lowest BCUT2D eigenvalue weighted by molar-refractivity contribution is -0.105. The van der Waals surface area contributed by atoms with Gasteiger partial charge in [-0.05, 0) is 42.0 Å². The summed E-state index contributed by atoms with van der Waals surface area (Å²) in [6.07, 6.45) is 9.21. The van der Waals surface area contributed by atoms with Gasteiger partial charge in [0.2, 0.25) is 12.4 Å². The summed E-state index contributed by atoms with van der Waals surface area (Å²) in [7, 11) is 0. The van der Waals surface area contributed by atoms with Gasteiger partial charge >= 0.3 is 0 Å². The molecule has 0 aliphatic rings. The lowest BCUT2D eigenvalue weighted by atomic mass is 10.0. The number of benzene rings is 1. The highest BCUT2D eigenvalue weighted by Gasteiger charge is 2.11. The van der Waals surface area contributed by atoms with Crippen molar-refractivity contribution < 1.29 is 4.79 Å². The average molecular weight is 368 g/mol. The molecular weight excluding hydrogens is 352 g/mol. The van der Waals surface area contributed by atoms with Crippen molar-refractivity contribution in [2.24, 2.45) is 0 Å². The highest BCUT2D eigenvalue weighted by Crippen LogP contribution is 2.35. The summed E-state index contributed by atoms with van der Waals surface area (Å²) in [5.74, 6) is 0.419. The first-order valence-electron chi connectivity index (χ1n) is 8.59. The van der Waals surface area contributed by atoms with Gasteiger partial charge in [0, 0.05) is 42.1 Å². The maximum Gasteiger partial charge on any atom is 0.227 e. The third-order valence-electron chi connectivity index (χ3n) is 4.12. The molecule has 0 radical (unpaired) electrons. The van der Waals surface area contributed by atoms with Crippen molar-refractivity contribution >= 4 is 23.7 Å². The minimum atomic E-state index is 0.419. The van der Waals surface area contributed by atoms with Crippen LogP contribution < -0.4 is 10.6 Å². The first kappa shape index (κ1) is 17.3. The summed E-state index contributed by atoms with van der Waals surface area (Å²) in [5, 5.41) is 5.98. The van der Waals surface area contributed by atoms with Gasteiger partial charge in [0.15, 0.2) is 0 Å². The van der Waals surface area contributed by atoms with Crippen LogP contribution >= 0.6 is 0 Å². The van der Waals surface area contributed by atoms with E-state index in [1.54, 1.807) is 31.0 Å². The number of hydrogen-bond donors (Lipinski definition) is 2. The quantitative estimate of drug-likeness (QED) is 0.501. The van der Waals surface area contributed by atoms with Crippen molar-refractivity contribution in [1.82, 2.24) is 19.9 Å². The highest BCUT2D eigenvalue weighted by atomic mass is 16.1. The van der Waals surface area contributed by atoms with E-state index in [0.717, 1.165) is 22.4 Å². The fourth-order valence-electron chi connectivity index (χ4n) is 2.86. The molecule has 2 N–H and O–H groups in total. The van der Waals surface area contributed by atoms with E-state index < -0.39 is 0 Å². The predicted molar refractivity (Wildman–Crippen MR) is 108 cm³/mol. The molecule has 1 aromatic carbocycles. The van der Waals surface area contributed by atoms with Gasteiger partial charge in [0.1, 0.15) is 0 Å². The molecule has 0 saturated heterocycles. The number of nitrogens with zero attached hydrogens (tertiary/aromatic N) is 4. The molecule has 0 spiro atoms.